The minimum atomic E-state index is -0.0206. The summed E-state index contributed by atoms with van der Waals surface area (Å²) in [7, 11) is 0. The lowest BCUT2D eigenvalue weighted by atomic mass is 10.1. The molecule has 0 saturated carbocycles. The lowest BCUT2D eigenvalue weighted by Crippen LogP contribution is -2.40. The van der Waals surface area contributed by atoms with Crippen molar-refractivity contribution in [3.05, 3.63) is 29.3 Å². The third-order valence-corrected chi connectivity index (χ3v) is 3.91. The fourth-order valence-electron chi connectivity index (χ4n) is 2.73. The SMILES string of the molecule is CCN1CCCC1CNC(=O)c1cc(N)ccc1C. The van der Waals surface area contributed by atoms with Crippen LogP contribution in [0.5, 0.6) is 0 Å². The Morgan fingerprint density at radius 1 is 1.53 bits per heavy atom. The van der Waals surface area contributed by atoms with Gasteiger partial charge in [-0.1, -0.05) is 13.0 Å². The van der Waals surface area contributed by atoms with Gasteiger partial charge in [-0.25, -0.2) is 0 Å². The van der Waals surface area contributed by atoms with E-state index in [9.17, 15) is 4.79 Å². The maximum absolute atomic E-state index is 12.2. The van der Waals surface area contributed by atoms with Crippen LogP contribution in [0.1, 0.15) is 35.7 Å². The molecule has 0 radical (unpaired) electrons. The molecule has 4 heteroatoms. The van der Waals surface area contributed by atoms with Crippen molar-refractivity contribution in [3.63, 3.8) is 0 Å². The second-order valence-electron chi connectivity index (χ2n) is 5.21. The van der Waals surface area contributed by atoms with E-state index in [1.807, 2.05) is 19.1 Å². The Morgan fingerprint density at radius 3 is 3.05 bits per heavy atom. The first-order chi connectivity index (χ1) is 9.11. The van der Waals surface area contributed by atoms with Crippen LogP contribution in [0.3, 0.4) is 0 Å². The molecule has 2 rings (SSSR count). The summed E-state index contributed by atoms with van der Waals surface area (Å²) >= 11 is 0. The van der Waals surface area contributed by atoms with Gasteiger partial charge in [-0.2, -0.15) is 0 Å². The van der Waals surface area contributed by atoms with Crippen LogP contribution in [0.25, 0.3) is 0 Å². The lowest BCUT2D eigenvalue weighted by molar-refractivity contribution is 0.0941. The highest BCUT2D eigenvalue weighted by Gasteiger charge is 2.23. The number of nitrogens with two attached hydrogens (primary N) is 1. The second-order valence-corrected chi connectivity index (χ2v) is 5.21. The quantitative estimate of drug-likeness (QED) is 0.812. The van der Waals surface area contributed by atoms with E-state index in [0.29, 0.717) is 17.3 Å². The standard InChI is InChI=1S/C15H23N3O/c1-3-18-8-4-5-13(18)10-17-15(19)14-9-12(16)7-6-11(14)2/h6-7,9,13H,3-5,8,10,16H2,1-2H3,(H,17,19). The Labute approximate surface area is 115 Å². The van der Waals surface area contributed by atoms with Gasteiger partial charge in [0.05, 0.1) is 0 Å². The monoisotopic (exact) mass is 261 g/mol. The summed E-state index contributed by atoms with van der Waals surface area (Å²) < 4.78 is 0. The number of anilines is 1. The Hall–Kier alpha value is -1.55. The number of nitrogen functional groups attached to an aromatic ring is 1. The van der Waals surface area contributed by atoms with Crippen molar-refractivity contribution in [1.29, 1.82) is 0 Å². The van der Waals surface area contributed by atoms with Crippen molar-refractivity contribution < 1.29 is 4.79 Å². The molecular weight excluding hydrogens is 238 g/mol. The maximum atomic E-state index is 12.2. The van der Waals surface area contributed by atoms with E-state index in [-0.39, 0.29) is 5.91 Å². The third kappa shape index (κ3) is 3.26. The lowest BCUT2D eigenvalue weighted by Gasteiger charge is -2.23. The topological polar surface area (TPSA) is 58.4 Å². The molecular formula is C15H23N3O. The van der Waals surface area contributed by atoms with E-state index >= 15 is 0 Å². The van der Waals surface area contributed by atoms with E-state index in [1.54, 1.807) is 6.07 Å². The number of carbonyl (C=O) groups is 1. The number of carbonyl (C=O) groups excluding carboxylic acids is 1. The van der Waals surface area contributed by atoms with Gasteiger partial charge in [-0.05, 0) is 50.6 Å². The van der Waals surface area contributed by atoms with Crippen molar-refractivity contribution in [3.8, 4) is 0 Å². The molecule has 1 aromatic carbocycles. The molecule has 1 aromatic rings. The van der Waals surface area contributed by atoms with E-state index < -0.39 is 0 Å². The first kappa shape index (κ1) is 13.9. The van der Waals surface area contributed by atoms with E-state index in [1.165, 1.54) is 12.8 Å². The summed E-state index contributed by atoms with van der Waals surface area (Å²) in [5.41, 5.74) is 8.02. The average Bonchev–Trinajstić information content (AvgIpc) is 2.86. The highest BCUT2D eigenvalue weighted by atomic mass is 16.1. The van der Waals surface area contributed by atoms with E-state index in [2.05, 4.69) is 17.1 Å². The Morgan fingerprint density at radius 2 is 2.32 bits per heavy atom. The molecule has 3 N–H and O–H groups in total. The van der Waals surface area contributed by atoms with Gasteiger partial charge in [0, 0.05) is 23.8 Å². The van der Waals surface area contributed by atoms with E-state index in [0.717, 1.165) is 25.2 Å². The smallest absolute Gasteiger partial charge is 0.251 e. The summed E-state index contributed by atoms with van der Waals surface area (Å²) in [4.78, 5) is 14.6. The molecule has 1 amide bonds. The number of amides is 1. The molecule has 19 heavy (non-hydrogen) atoms. The summed E-state index contributed by atoms with van der Waals surface area (Å²) in [6.07, 6.45) is 2.40. The van der Waals surface area contributed by atoms with Crippen molar-refractivity contribution in [2.24, 2.45) is 0 Å². The predicted octanol–water partition coefficient (Wildman–Crippen LogP) is 1.79. The first-order valence-electron chi connectivity index (χ1n) is 7.00. The van der Waals surface area contributed by atoms with Crippen LogP contribution >= 0.6 is 0 Å². The number of nitrogens with zero attached hydrogens (tertiary/aromatic N) is 1. The van der Waals surface area contributed by atoms with Crippen LogP contribution in [-0.4, -0.2) is 36.5 Å². The number of hydrogen-bond donors (Lipinski definition) is 2. The number of benzene rings is 1. The molecule has 0 aliphatic carbocycles. The molecule has 4 nitrogen and oxygen atoms in total. The fourth-order valence-corrected chi connectivity index (χ4v) is 2.73. The summed E-state index contributed by atoms with van der Waals surface area (Å²) in [5.74, 6) is -0.0206. The molecule has 1 fully saturated rings. The predicted molar refractivity (Wildman–Crippen MR) is 78.2 cm³/mol. The molecule has 0 aromatic heterocycles. The molecule has 1 heterocycles. The zero-order valence-corrected chi connectivity index (χ0v) is 11.8. The van der Waals surface area contributed by atoms with Gasteiger partial charge in [0.25, 0.3) is 5.91 Å². The minimum Gasteiger partial charge on any atom is -0.399 e. The Balaban J connectivity index is 1.96. The molecule has 0 bridgehead atoms. The molecule has 1 atom stereocenters. The summed E-state index contributed by atoms with van der Waals surface area (Å²) in [6, 6.07) is 5.94. The highest BCUT2D eigenvalue weighted by Crippen LogP contribution is 2.16. The zero-order chi connectivity index (χ0) is 13.8. The normalized spacial score (nSPS) is 19.6. The number of rotatable bonds is 4. The van der Waals surface area contributed by atoms with Gasteiger partial charge in [-0.3, -0.25) is 9.69 Å². The van der Waals surface area contributed by atoms with Crippen LogP contribution < -0.4 is 11.1 Å². The van der Waals surface area contributed by atoms with Gasteiger partial charge in [0.1, 0.15) is 0 Å². The van der Waals surface area contributed by atoms with Gasteiger partial charge in [0.2, 0.25) is 0 Å². The number of aryl methyl sites for hydroxylation is 1. The molecule has 1 aliphatic rings. The molecule has 1 saturated heterocycles. The third-order valence-electron chi connectivity index (χ3n) is 3.91. The number of hydrogen-bond acceptors (Lipinski definition) is 3. The van der Waals surface area contributed by atoms with Gasteiger partial charge in [-0.15, -0.1) is 0 Å². The van der Waals surface area contributed by atoms with Gasteiger partial charge in [0.15, 0.2) is 0 Å². The zero-order valence-electron chi connectivity index (χ0n) is 11.8. The van der Waals surface area contributed by atoms with Crippen molar-refractivity contribution in [2.75, 3.05) is 25.4 Å². The number of likely N-dealkylation sites (N-methyl/N-ethyl adjacent to an activating group) is 1. The largest absolute Gasteiger partial charge is 0.399 e. The van der Waals surface area contributed by atoms with E-state index in [4.69, 9.17) is 5.73 Å². The van der Waals surface area contributed by atoms with Gasteiger partial charge >= 0.3 is 0 Å². The van der Waals surface area contributed by atoms with Crippen LogP contribution in [0.4, 0.5) is 5.69 Å². The van der Waals surface area contributed by atoms with Crippen LogP contribution in [0.2, 0.25) is 0 Å². The minimum absolute atomic E-state index is 0.0206. The molecule has 1 unspecified atom stereocenters. The fraction of sp³-hybridized carbons (Fsp3) is 0.533. The highest BCUT2D eigenvalue weighted by molar-refractivity contribution is 5.96. The van der Waals surface area contributed by atoms with Crippen molar-refractivity contribution >= 4 is 11.6 Å². The molecule has 1 aliphatic heterocycles. The van der Waals surface area contributed by atoms with Crippen molar-refractivity contribution in [1.82, 2.24) is 10.2 Å². The number of nitrogens with one attached hydrogen (secondary N) is 1. The summed E-state index contributed by atoms with van der Waals surface area (Å²) in [6.45, 7) is 7.03. The number of likely N-dealkylation sites (tertiary alicyclic amines) is 1. The first-order valence-corrected chi connectivity index (χ1v) is 7.00. The molecule has 104 valence electrons. The van der Waals surface area contributed by atoms with Crippen molar-refractivity contribution in [2.45, 2.75) is 32.7 Å². The summed E-state index contributed by atoms with van der Waals surface area (Å²) in [5, 5.41) is 3.04. The van der Waals surface area contributed by atoms with Crippen LogP contribution in [0, 0.1) is 6.92 Å². The molecule has 0 spiro atoms. The van der Waals surface area contributed by atoms with Crippen LogP contribution in [-0.2, 0) is 0 Å². The maximum Gasteiger partial charge on any atom is 0.251 e. The second kappa shape index (κ2) is 6.06. The van der Waals surface area contributed by atoms with Crippen LogP contribution in [0.15, 0.2) is 18.2 Å². The Kier molecular flexibility index (Phi) is 4.43. The average molecular weight is 261 g/mol. The van der Waals surface area contributed by atoms with Gasteiger partial charge < -0.3 is 11.1 Å². The Bertz CT molecular complexity index is 459.